The number of nitro groups is 1. The van der Waals surface area contributed by atoms with Crippen LogP contribution in [0.25, 0.3) is 0 Å². The number of hydrogen-bond donors (Lipinski definition) is 1. The smallest absolute Gasteiger partial charge is 0.289 e. The van der Waals surface area contributed by atoms with Crippen LogP contribution in [-0.4, -0.2) is 30.3 Å². The summed E-state index contributed by atoms with van der Waals surface area (Å²) in [5.74, 6) is -0.337. The van der Waals surface area contributed by atoms with Gasteiger partial charge < -0.3 is 5.32 Å². The van der Waals surface area contributed by atoms with Gasteiger partial charge in [0.2, 0.25) is 0 Å². The molecule has 0 amide bonds. The minimum absolute atomic E-state index is 0.0272. The van der Waals surface area contributed by atoms with Crippen LogP contribution in [0.3, 0.4) is 0 Å². The number of guanidine groups is 1. The fourth-order valence-electron chi connectivity index (χ4n) is 1.50. The first-order valence-electron chi connectivity index (χ1n) is 5.25. The highest BCUT2D eigenvalue weighted by Crippen LogP contribution is 2.17. The van der Waals surface area contributed by atoms with E-state index in [1.165, 1.54) is 24.4 Å². The molecule has 0 aliphatic carbocycles. The molecule has 0 unspecified atom stereocenters. The number of hydrogen-bond acceptors (Lipinski definition) is 4. The normalized spacial score (nSPS) is 17.3. The van der Waals surface area contributed by atoms with Crippen LogP contribution >= 0.6 is 0 Å². The second-order valence-electron chi connectivity index (χ2n) is 3.54. The zero-order valence-corrected chi connectivity index (χ0v) is 10.4. The molecule has 19 heavy (non-hydrogen) atoms. The molecule has 1 aromatic rings. The lowest BCUT2D eigenvalue weighted by Gasteiger charge is -2.23. The molecule has 0 saturated carbocycles. The number of benzene rings is 1. The Morgan fingerprint density at radius 1 is 1.32 bits per heavy atom. The summed E-state index contributed by atoms with van der Waals surface area (Å²) >= 11 is 0. The van der Waals surface area contributed by atoms with Gasteiger partial charge in [0.1, 0.15) is 5.10 Å². The lowest BCUT2D eigenvalue weighted by atomic mass is 10.4. The zero-order valence-electron chi connectivity index (χ0n) is 9.63. The number of nitrogens with one attached hydrogen (secondary N) is 1. The number of rotatable bonds is 3. The highest BCUT2D eigenvalue weighted by molar-refractivity contribution is 7.89. The van der Waals surface area contributed by atoms with Crippen molar-refractivity contribution in [2.75, 3.05) is 6.54 Å². The Kier molecular flexibility index (Phi) is 3.47. The van der Waals surface area contributed by atoms with Gasteiger partial charge in [-0.2, -0.15) is 0 Å². The molecule has 0 spiro atoms. The minimum Gasteiger partial charge on any atom is -0.346 e. The van der Waals surface area contributed by atoms with Crippen molar-refractivity contribution in [1.29, 1.82) is 0 Å². The van der Waals surface area contributed by atoms with Crippen LogP contribution in [0.15, 0.2) is 52.6 Å². The summed E-state index contributed by atoms with van der Waals surface area (Å²) in [6.45, 7) is 0.271. The molecule has 1 aliphatic heterocycles. The van der Waals surface area contributed by atoms with E-state index in [1.54, 1.807) is 18.2 Å². The zero-order chi connectivity index (χ0) is 13.9. The van der Waals surface area contributed by atoms with Crippen molar-refractivity contribution >= 4 is 16.0 Å². The first kappa shape index (κ1) is 13.0. The maximum Gasteiger partial charge on any atom is 0.289 e. The third kappa shape index (κ3) is 2.71. The molecule has 0 bridgehead atoms. The molecule has 0 fully saturated rings. The van der Waals surface area contributed by atoms with Gasteiger partial charge in [0.25, 0.3) is 16.0 Å². The van der Waals surface area contributed by atoms with Crippen LogP contribution in [0.4, 0.5) is 0 Å². The molecule has 0 saturated heterocycles. The van der Waals surface area contributed by atoms with E-state index in [0.717, 1.165) is 4.31 Å². The Balaban J connectivity index is 2.46. The molecule has 100 valence electrons. The molecule has 0 radical (unpaired) electrons. The van der Waals surface area contributed by atoms with Crippen molar-refractivity contribution in [2.45, 2.75) is 4.90 Å². The van der Waals surface area contributed by atoms with Gasteiger partial charge in [0.15, 0.2) is 5.03 Å². The quantitative estimate of drug-likeness (QED) is 0.636. The fourth-order valence-corrected chi connectivity index (χ4v) is 2.81. The van der Waals surface area contributed by atoms with E-state index < -0.39 is 15.1 Å². The molecule has 0 aromatic heterocycles. The lowest BCUT2D eigenvalue weighted by Crippen LogP contribution is -2.45. The van der Waals surface area contributed by atoms with Gasteiger partial charge in [0, 0.05) is 12.7 Å². The largest absolute Gasteiger partial charge is 0.346 e. The summed E-state index contributed by atoms with van der Waals surface area (Å²) in [7, 11) is -3.91. The Morgan fingerprint density at radius 2 is 2.00 bits per heavy atom. The van der Waals surface area contributed by atoms with E-state index in [9.17, 15) is 18.5 Å². The fraction of sp³-hybridized carbons (Fsp3) is 0.100. The molecule has 1 aliphatic rings. The number of hydrazone groups is 1. The van der Waals surface area contributed by atoms with E-state index in [1.807, 2.05) is 0 Å². The Morgan fingerprint density at radius 3 is 2.63 bits per heavy atom. The number of sulfonamides is 1. The summed E-state index contributed by atoms with van der Waals surface area (Å²) in [6, 6.07) is 7.62. The number of nitrogens with zero attached hydrogens (tertiary/aromatic N) is 3. The van der Waals surface area contributed by atoms with Crippen LogP contribution in [0.5, 0.6) is 0 Å². The Bertz CT molecular complexity index is 639. The highest BCUT2D eigenvalue weighted by atomic mass is 32.2. The van der Waals surface area contributed by atoms with E-state index in [0.29, 0.717) is 0 Å². The van der Waals surface area contributed by atoms with Crippen LogP contribution in [0, 0.1) is 10.1 Å². The van der Waals surface area contributed by atoms with Crippen molar-refractivity contribution in [2.24, 2.45) is 5.10 Å². The van der Waals surface area contributed by atoms with Gasteiger partial charge in [-0.25, -0.2) is 22.8 Å². The first-order chi connectivity index (χ1) is 9.01. The molecule has 9 heteroatoms. The van der Waals surface area contributed by atoms with Crippen molar-refractivity contribution < 1.29 is 13.5 Å². The van der Waals surface area contributed by atoms with Gasteiger partial charge in [-0.05, 0) is 18.2 Å². The predicted octanol–water partition coefficient (Wildman–Crippen LogP) is 0.342. The molecule has 1 heterocycles. The summed E-state index contributed by atoms with van der Waals surface area (Å²) in [6.07, 6.45) is 2.76. The molecule has 8 nitrogen and oxygen atoms in total. The van der Waals surface area contributed by atoms with Gasteiger partial charge in [-0.15, -0.1) is 0 Å². The molecular formula is C10H10N4O4S. The average Bonchev–Trinajstić information content (AvgIpc) is 2.39. The summed E-state index contributed by atoms with van der Waals surface area (Å²) < 4.78 is 25.4. The van der Waals surface area contributed by atoms with E-state index in [2.05, 4.69) is 10.4 Å². The lowest BCUT2D eigenvalue weighted by molar-refractivity contribution is -0.485. The third-order valence-electron chi connectivity index (χ3n) is 2.30. The van der Waals surface area contributed by atoms with Crippen LogP contribution in [-0.2, 0) is 10.0 Å². The summed E-state index contributed by atoms with van der Waals surface area (Å²) in [5, 5.41) is 15.0. The SMILES string of the molecule is O=[N+]([O-])N=C1NCC=CN1S(=O)(=O)c1ccccc1. The van der Waals surface area contributed by atoms with Crippen molar-refractivity contribution in [3.05, 3.63) is 52.7 Å². The van der Waals surface area contributed by atoms with Crippen LogP contribution in [0.1, 0.15) is 0 Å². The monoisotopic (exact) mass is 282 g/mol. The molecule has 0 atom stereocenters. The second-order valence-corrected chi connectivity index (χ2v) is 5.36. The van der Waals surface area contributed by atoms with Gasteiger partial charge in [-0.1, -0.05) is 18.2 Å². The van der Waals surface area contributed by atoms with Gasteiger partial charge >= 0.3 is 0 Å². The first-order valence-corrected chi connectivity index (χ1v) is 6.69. The van der Waals surface area contributed by atoms with E-state index in [-0.39, 0.29) is 17.4 Å². The second kappa shape index (κ2) is 5.06. The Hall–Kier alpha value is -2.42. The molecule has 2 rings (SSSR count). The van der Waals surface area contributed by atoms with Crippen LogP contribution < -0.4 is 5.32 Å². The van der Waals surface area contributed by atoms with Gasteiger partial charge in [0.05, 0.1) is 4.90 Å². The van der Waals surface area contributed by atoms with Crippen LogP contribution in [0.2, 0.25) is 0 Å². The summed E-state index contributed by atoms with van der Waals surface area (Å²) in [4.78, 5) is 10.4. The molecule has 1 aromatic carbocycles. The molecule has 1 N–H and O–H groups in total. The highest BCUT2D eigenvalue weighted by Gasteiger charge is 2.29. The van der Waals surface area contributed by atoms with Gasteiger partial charge in [-0.3, -0.25) is 0 Å². The average molecular weight is 282 g/mol. The third-order valence-corrected chi connectivity index (χ3v) is 3.98. The Labute approximate surface area is 109 Å². The van der Waals surface area contributed by atoms with E-state index >= 15 is 0 Å². The maximum absolute atomic E-state index is 12.3. The van der Waals surface area contributed by atoms with Crippen molar-refractivity contribution in [1.82, 2.24) is 9.62 Å². The van der Waals surface area contributed by atoms with E-state index in [4.69, 9.17) is 0 Å². The molecular weight excluding hydrogens is 272 g/mol. The topological polar surface area (TPSA) is 105 Å². The standard InChI is InChI=1S/C10H10N4O4S/c15-14(16)12-10-11-7-4-8-13(10)19(17,18)9-5-2-1-3-6-9/h1-6,8H,7H2,(H,11,12). The minimum atomic E-state index is -3.91. The van der Waals surface area contributed by atoms with Crippen molar-refractivity contribution in [3.63, 3.8) is 0 Å². The van der Waals surface area contributed by atoms with Crippen molar-refractivity contribution in [3.8, 4) is 0 Å². The predicted molar refractivity (Wildman–Crippen MR) is 67.0 cm³/mol. The maximum atomic E-state index is 12.3. The summed E-state index contributed by atoms with van der Waals surface area (Å²) in [5.41, 5.74) is 0.